The predicted molar refractivity (Wildman–Crippen MR) is 72.9 cm³/mol. The molecule has 96 valence electrons. The highest BCUT2D eigenvalue weighted by Crippen LogP contribution is 2.45. The van der Waals surface area contributed by atoms with Gasteiger partial charge in [0.05, 0.1) is 18.0 Å². The molecule has 0 aliphatic carbocycles. The highest BCUT2D eigenvalue weighted by Gasteiger charge is 2.50. The van der Waals surface area contributed by atoms with Gasteiger partial charge in [-0.05, 0) is 36.5 Å². The number of ether oxygens (including phenoxy) is 1. The maximum atomic E-state index is 5.98. The average Bonchev–Trinajstić information content (AvgIpc) is 2.52. The smallest absolute Gasteiger partial charge is 0.495 e. The van der Waals surface area contributed by atoms with Gasteiger partial charge < -0.3 is 19.8 Å². The molecule has 0 aromatic rings. The van der Waals surface area contributed by atoms with Crippen molar-refractivity contribution in [1.82, 2.24) is 0 Å². The lowest BCUT2D eigenvalue weighted by Gasteiger charge is -2.28. The quantitative estimate of drug-likeness (QED) is 0.749. The fourth-order valence-corrected chi connectivity index (χ4v) is 3.23. The van der Waals surface area contributed by atoms with Gasteiger partial charge in [0, 0.05) is 11.0 Å². The molecular formula is C12H15BBrNO3. The van der Waals surface area contributed by atoms with Crippen LogP contribution in [-0.2, 0) is 14.0 Å². The third-order valence-corrected chi connectivity index (χ3v) is 4.52. The van der Waals surface area contributed by atoms with Crippen molar-refractivity contribution in [2.45, 2.75) is 25.6 Å². The van der Waals surface area contributed by atoms with Crippen molar-refractivity contribution in [3.63, 3.8) is 0 Å². The normalized spacial score (nSPS) is 29.3. The van der Waals surface area contributed by atoms with Gasteiger partial charge in [-0.3, -0.25) is 0 Å². The van der Waals surface area contributed by atoms with Gasteiger partial charge in [0.25, 0.3) is 0 Å². The van der Waals surface area contributed by atoms with E-state index >= 15 is 0 Å². The van der Waals surface area contributed by atoms with Crippen LogP contribution < -0.4 is 5.73 Å². The Balaban J connectivity index is 2.17. The molecule has 0 fully saturated rings. The van der Waals surface area contributed by atoms with Gasteiger partial charge >= 0.3 is 7.12 Å². The molecule has 6 heteroatoms. The Morgan fingerprint density at radius 1 is 1.56 bits per heavy atom. The second kappa shape index (κ2) is 4.23. The molecule has 3 rings (SSSR count). The Morgan fingerprint density at radius 3 is 3.06 bits per heavy atom. The summed E-state index contributed by atoms with van der Waals surface area (Å²) in [5, 5.41) is 0. The zero-order chi connectivity index (χ0) is 12.9. The molecule has 3 aliphatic heterocycles. The summed E-state index contributed by atoms with van der Waals surface area (Å²) in [6.45, 7) is 5.03. The van der Waals surface area contributed by atoms with E-state index in [1.54, 1.807) is 6.26 Å². The summed E-state index contributed by atoms with van der Waals surface area (Å²) in [6.07, 6.45) is 3.52. The molecule has 0 spiro atoms. The largest absolute Gasteiger partial charge is 0.497 e. The van der Waals surface area contributed by atoms with Crippen molar-refractivity contribution >= 4 is 23.0 Å². The van der Waals surface area contributed by atoms with Crippen LogP contribution in [0.4, 0.5) is 0 Å². The third kappa shape index (κ3) is 1.71. The minimum Gasteiger partial charge on any atom is -0.497 e. The molecule has 1 atom stereocenters. The highest BCUT2D eigenvalue weighted by molar-refractivity contribution is 9.11. The molecule has 0 aromatic carbocycles. The number of allylic oxidation sites excluding steroid dienone is 3. The van der Waals surface area contributed by atoms with Crippen LogP contribution in [0.3, 0.4) is 0 Å². The van der Waals surface area contributed by atoms with Gasteiger partial charge in [0.1, 0.15) is 6.61 Å². The average molecular weight is 312 g/mol. The number of hydrogen-bond donors (Lipinski definition) is 1. The second-order valence-corrected chi connectivity index (χ2v) is 5.94. The lowest BCUT2D eigenvalue weighted by atomic mass is 9.70. The first-order valence-corrected chi connectivity index (χ1v) is 6.79. The van der Waals surface area contributed by atoms with Gasteiger partial charge in [0.15, 0.2) is 0 Å². The first-order valence-electron chi connectivity index (χ1n) is 5.99. The van der Waals surface area contributed by atoms with E-state index in [2.05, 4.69) is 15.9 Å². The van der Waals surface area contributed by atoms with E-state index in [1.165, 1.54) is 0 Å². The van der Waals surface area contributed by atoms with Crippen LogP contribution in [0.2, 0.25) is 0 Å². The van der Waals surface area contributed by atoms with E-state index < -0.39 is 0 Å². The minimum atomic E-state index is -0.367. The number of hydrogen-bond acceptors (Lipinski definition) is 4. The lowest BCUT2D eigenvalue weighted by Crippen LogP contribution is -2.39. The van der Waals surface area contributed by atoms with Gasteiger partial charge in [-0.25, -0.2) is 0 Å². The van der Waals surface area contributed by atoms with E-state index in [0.29, 0.717) is 13.2 Å². The van der Waals surface area contributed by atoms with Gasteiger partial charge in [-0.1, -0.05) is 15.9 Å². The summed E-state index contributed by atoms with van der Waals surface area (Å²) < 4.78 is 18.4. The second-order valence-electron chi connectivity index (χ2n) is 5.09. The third-order valence-electron chi connectivity index (χ3n) is 3.58. The summed E-state index contributed by atoms with van der Waals surface area (Å²) in [4.78, 5) is 0. The van der Waals surface area contributed by atoms with Gasteiger partial charge in [0.2, 0.25) is 0 Å². The zero-order valence-corrected chi connectivity index (χ0v) is 12.0. The van der Waals surface area contributed by atoms with Gasteiger partial charge in [-0.2, -0.15) is 0 Å². The highest BCUT2D eigenvalue weighted by atomic mass is 79.9. The van der Waals surface area contributed by atoms with E-state index in [4.69, 9.17) is 19.8 Å². The van der Waals surface area contributed by atoms with Crippen molar-refractivity contribution in [3.8, 4) is 0 Å². The number of rotatable bonds is 1. The maximum Gasteiger partial charge on any atom is 0.495 e. The van der Waals surface area contributed by atoms with Crippen LogP contribution in [-0.4, -0.2) is 32.0 Å². The molecule has 18 heavy (non-hydrogen) atoms. The fraction of sp³-hybridized carbons (Fsp3) is 0.500. The van der Waals surface area contributed by atoms with Crippen molar-refractivity contribution in [2.24, 2.45) is 5.73 Å². The number of nitrogens with two attached hydrogens (primary N) is 1. The molecule has 4 nitrogen and oxygen atoms in total. The Kier molecular flexibility index (Phi) is 2.93. The van der Waals surface area contributed by atoms with Crippen molar-refractivity contribution in [1.29, 1.82) is 0 Å². The van der Waals surface area contributed by atoms with Crippen LogP contribution in [0.25, 0.3) is 0 Å². The van der Waals surface area contributed by atoms with Crippen LogP contribution in [0.15, 0.2) is 33.4 Å². The molecule has 0 radical (unpaired) electrons. The Morgan fingerprint density at radius 2 is 2.33 bits per heavy atom. The molecule has 0 amide bonds. The zero-order valence-electron chi connectivity index (χ0n) is 10.4. The molecule has 3 heterocycles. The van der Waals surface area contributed by atoms with Gasteiger partial charge in [-0.15, -0.1) is 0 Å². The fourth-order valence-electron chi connectivity index (χ4n) is 2.59. The summed E-state index contributed by atoms with van der Waals surface area (Å²) in [6, 6.07) is 0. The van der Waals surface area contributed by atoms with Crippen LogP contribution in [0.5, 0.6) is 0 Å². The van der Waals surface area contributed by atoms with E-state index in [0.717, 1.165) is 21.1 Å². The molecule has 0 saturated heterocycles. The molecule has 0 aromatic heterocycles. The molecular weight excluding hydrogens is 297 g/mol. The molecule has 0 bridgehead atoms. The Bertz CT molecular complexity index is 484. The molecule has 2 N–H and O–H groups in total. The van der Waals surface area contributed by atoms with E-state index in [-0.39, 0.29) is 18.8 Å². The predicted octanol–water partition coefficient (Wildman–Crippen LogP) is 1.67. The first kappa shape index (κ1) is 12.5. The summed E-state index contributed by atoms with van der Waals surface area (Å²) in [5.41, 5.74) is 8.68. The van der Waals surface area contributed by atoms with Crippen LogP contribution >= 0.6 is 15.9 Å². The van der Waals surface area contributed by atoms with Crippen molar-refractivity contribution in [3.05, 3.63) is 33.4 Å². The summed E-state index contributed by atoms with van der Waals surface area (Å²) in [5.74, 6) is 0. The molecule has 0 unspecified atom stereocenters. The monoisotopic (exact) mass is 311 g/mol. The van der Waals surface area contributed by atoms with Crippen molar-refractivity contribution < 1.29 is 14.0 Å². The van der Waals surface area contributed by atoms with E-state index in [9.17, 15) is 0 Å². The van der Waals surface area contributed by atoms with Crippen LogP contribution in [0, 0.1) is 0 Å². The maximum absolute atomic E-state index is 5.98. The Labute approximate surface area is 115 Å². The molecule has 0 saturated carbocycles. The topological polar surface area (TPSA) is 53.7 Å². The summed E-state index contributed by atoms with van der Waals surface area (Å²) in [7, 11) is -0.341. The lowest BCUT2D eigenvalue weighted by molar-refractivity contribution is 0.0917. The first-order chi connectivity index (χ1) is 8.54. The molecule has 3 aliphatic rings. The standard InChI is InChI=1S/C12H15BBrNO3/c1-12(2)8-6-16-4-3-7-10(8)13(18-12)17-9(5-15)11(7)14/h3-4,9H,5-6,15H2,1-2H3/t9-/m0/s1. The van der Waals surface area contributed by atoms with Crippen LogP contribution in [0.1, 0.15) is 13.8 Å². The summed E-state index contributed by atoms with van der Waals surface area (Å²) >= 11 is 3.59. The SMILES string of the molecule is CC1(C)OB2O[C@@H](CN)C(Br)=C3C=COCC1=C23. The Hall–Kier alpha value is -0.555. The van der Waals surface area contributed by atoms with E-state index in [1.807, 2.05) is 19.9 Å². The van der Waals surface area contributed by atoms with Crippen molar-refractivity contribution in [2.75, 3.05) is 13.2 Å². The number of halogens is 1. The minimum absolute atomic E-state index is 0.161.